The van der Waals surface area contributed by atoms with E-state index in [2.05, 4.69) is 0 Å². The van der Waals surface area contributed by atoms with Crippen LogP contribution in [0, 0.1) is 5.92 Å². The third kappa shape index (κ3) is 3.37. The van der Waals surface area contributed by atoms with Gasteiger partial charge in [0, 0.05) is 24.2 Å². The van der Waals surface area contributed by atoms with Gasteiger partial charge in [0.1, 0.15) is 0 Å². The smallest absolute Gasteiger partial charge is 0.253 e. The first kappa shape index (κ1) is 16.3. The maximum atomic E-state index is 12.5. The van der Waals surface area contributed by atoms with Gasteiger partial charge in [-0.2, -0.15) is 0 Å². The van der Waals surface area contributed by atoms with Gasteiger partial charge in [-0.05, 0) is 42.6 Å². The molecular formula is C18H18Cl2N2O. The highest BCUT2D eigenvalue weighted by atomic mass is 35.5. The van der Waals surface area contributed by atoms with Gasteiger partial charge in [0.2, 0.25) is 0 Å². The first-order chi connectivity index (χ1) is 11.1. The van der Waals surface area contributed by atoms with E-state index in [0.717, 1.165) is 30.6 Å². The predicted octanol–water partition coefficient (Wildman–Crippen LogP) is 4.08. The molecule has 2 aromatic rings. The summed E-state index contributed by atoms with van der Waals surface area (Å²) >= 11 is 12.3. The molecule has 1 aliphatic heterocycles. The first-order valence-electron chi connectivity index (χ1n) is 7.64. The van der Waals surface area contributed by atoms with Gasteiger partial charge in [-0.3, -0.25) is 4.79 Å². The summed E-state index contributed by atoms with van der Waals surface area (Å²) in [6, 6.07) is 13.0. The van der Waals surface area contributed by atoms with E-state index in [1.165, 1.54) is 0 Å². The van der Waals surface area contributed by atoms with Gasteiger partial charge in [0.15, 0.2) is 0 Å². The van der Waals surface area contributed by atoms with E-state index in [1.54, 1.807) is 6.07 Å². The Labute approximate surface area is 146 Å². The minimum absolute atomic E-state index is 0.0599. The Morgan fingerprint density at radius 2 is 1.91 bits per heavy atom. The fraction of sp³-hybridized carbons (Fsp3) is 0.278. The van der Waals surface area contributed by atoms with E-state index in [-0.39, 0.29) is 5.91 Å². The molecule has 0 aromatic heterocycles. The summed E-state index contributed by atoms with van der Waals surface area (Å²) in [6.07, 6.45) is 0.985. The standard InChI is InChI=1S/C18H18Cl2N2O/c19-16-3-1-2-15(17(16)20)13-4-6-14(7-5-13)18(23)22-9-8-12(10-21)11-22/h1-7,12H,8-11,21H2/t12-/m0/s1. The second-order valence-corrected chi connectivity index (χ2v) is 6.61. The highest BCUT2D eigenvalue weighted by Crippen LogP contribution is 2.33. The normalized spacial score (nSPS) is 17.5. The second kappa shape index (κ2) is 6.91. The molecule has 0 radical (unpaired) electrons. The minimum Gasteiger partial charge on any atom is -0.338 e. The Morgan fingerprint density at radius 1 is 1.17 bits per heavy atom. The highest BCUT2D eigenvalue weighted by molar-refractivity contribution is 6.43. The fourth-order valence-corrected chi connectivity index (χ4v) is 3.32. The van der Waals surface area contributed by atoms with Crippen molar-refractivity contribution in [1.82, 2.24) is 4.90 Å². The number of carbonyl (C=O) groups excluding carboxylic acids is 1. The van der Waals surface area contributed by atoms with Crippen molar-refractivity contribution >= 4 is 29.1 Å². The van der Waals surface area contributed by atoms with Crippen molar-refractivity contribution in [2.24, 2.45) is 11.7 Å². The van der Waals surface area contributed by atoms with E-state index in [1.807, 2.05) is 41.3 Å². The van der Waals surface area contributed by atoms with Crippen molar-refractivity contribution < 1.29 is 4.79 Å². The van der Waals surface area contributed by atoms with Crippen LogP contribution in [-0.4, -0.2) is 30.4 Å². The van der Waals surface area contributed by atoms with Crippen LogP contribution in [0.15, 0.2) is 42.5 Å². The Kier molecular flexibility index (Phi) is 4.90. The second-order valence-electron chi connectivity index (χ2n) is 5.82. The van der Waals surface area contributed by atoms with Crippen LogP contribution in [0.2, 0.25) is 10.0 Å². The van der Waals surface area contributed by atoms with Crippen LogP contribution in [0.1, 0.15) is 16.8 Å². The van der Waals surface area contributed by atoms with Crippen LogP contribution < -0.4 is 5.73 Å². The zero-order valence-electron chi connectivity index (χ0n) is 12.6. The van der Waals surface area contributed by atoms with Crippen molar-refractivity contribution in [3.05, 3.63) is 58.1 Å². The van der Waals surface area contributed by atoms with Gasteiger partial charge < -0.3 is 10.6 Å². The molecule has 2 aromatic carbocycles. The van der Waals surface area contributed by atoms with Crippen molar-refractivity contribution in [2.75, 3.05) is 19.6 Å². The SMILES string of the molecule is NC[C@@H]1CCN(C(=O)c2ccc(-c3cccc(Cl)c3Cl)cc2)C1. The summed E-state index contributed by atoms with van der Waals surface area (Å²) in [6.45, 7) is 2.16. The molecule has 1 atom stereocenters. The van der Waals surface area contributed by atoms with E-state index in [4.69, 9.17) is 28.9 Å². The Bertz CT molecular complexity index is 715. The monoisotopic (exact) mass is 348 g/mol. The molecule has 0 unspecified atom stereocenters. The van der Waals surface area contributed by atoms with Gasteiger partial charge in [-0.25, -0.2) is 0 Å². The molecular weight excluding hydrogens is 331 g/mol. The van der Waals surface area contributed by atoms with Crippen molar-refractivity contribution in [2.45, 2.75) is 6.42 Å². The molecule has 1 aliphatic rings. The summed E-state index contributed by atoms with van der Waals surface area (Å²) < 4.78 is 0. The number of halogens is 2. The lowest BCUT2D eigenvalue weighted by Crippen LogP contribution is -2.29. The lowest BCUT2D eigenvalue weighted by molar-refractivity contribution is 0.0787. The van der Waals surface area contributed by atoms with E-state index in [0.29, 0.717) is 28.1 Å². The van der Waals surface area contributed by atoms with Crippen LogP contribution in [0.25, 0.3) is 11.1 Å². The number of hydrogen-bond donors (Lipinski definition) is 1. The third-order valence-electron chi connectivity index (χ3n) is 4.30. The molecule has 1 heterocycles. The molecule has 120 valence electrons. The summed E-state index contributed by atoms with van der Waals surface area (Å²) in [5.74, 6) is 0.480. The predicted molar refractivity (Wildman–Crippen MR) is 95.0 cm³/mol. The molecule has 3 rings (SSSR count). The number of rotatable bonds is 3. The zero-order valence-corrected chi connectivity index (χ0v) is 14.1. The van der Waals surface area contributed by atoms with Gasteiger partial charge >= 0.3 is 0 Å². The zero-order chi connectivity index (χ0) is 16.4. The van der Waals surface area contributed by atoms with E-state index < -0.39 is 0 Å². The van der Waals surface area contributed by atoms with Crippen LogP contribution in [0.3, 0.4) is 0 Å². The molecule has 0 bridgehead atoms. The molecule has 0 aliphatic carbocycles. The molecule has 3 nitrogen and oxygen atoms in total. The van der Waals surface area contributed by atoms with Gasteiger partial charge in [-0.1, -0.05) is 47.5 Å². The van der Waals surface area contributed by atoms with Crippen molar-refractivity contribution in [3.63, 3.8) is 0 Å². The number of likely N-dealkylation sites (tertiary alicyclic amines) is 1. The number of benzene rings is 2. The number of amides is 1. The Hall–Kier alpha value is -1.55. The summed E-state index contributed by atoms with van der Waals surface area (Å²) in [5.41, 5.74) is 8.17. The van der Waals surface area contributed by atoms with Crippen LogP contribution in [0.5, 0.6) is 0 Å². The average molecular weight is 349 g/mol. The van der Waals surface area contributed by atoms with Crippen LogP contribution in [0.4, 0.5) is 0 Å². The molecule has 1 fully saturated rings. The number of hydrogen-bond acceptors (Lipinski definition) is 2. The van der Waals surface area contributed by atoms with Gasteiger partial charge in [-0.15, -0.1) is 0 Å². The first-order valence-corrected chi connectivity index (χ1v) is 8.39. The molecule has 2 N–H and O–H groups in total. The van der Waals surface area contributed by atoms with E-state index >= 15 is 0 Å². The average Bonchev–Trinajstić information content (AvgIpc) is 3.06. The van der Waals surface area contributed by atoms with Crippen molar-refractivity contribution in [3.8, 4) is 11.1 Å². The minimum atomic E-state index is 0.0599. The molecule has 5 heteroatoms. The maximum Gasteiger partial charge on any atom is 0.253 e. The fourth-order valence-electron chi connectivity index (χ4n) is 2.91. The topological polar surface area (TPSA) is 46.3 Å². The Morgan fingerprint density at radius 3 is 2.57 bits per heavy atom. The molecule has 0 spiro atoms. The number of nitrogens with zero attached hydrogens (tertiary/aromatic N) is 1. The lowest BCUT2D eigenvalue weighted by atomic mass is 10.0. The van der Waals surface area contributed by atoms with Gasteiger partial charge in [0.25, 0.3) is 5.91 Å². The highest BCUT2D eigenvalue weighted by Gasteiger charge is 2.25. The van der Waals surface area contributed by atoms with Gasteiger partial charge in [0.05, 0.1) is 10.0 Å². The third-order valence-corrected chi connectivity index (χ3v) is 5.12. The maximum absolute atomic E-state index is 12.5. The van der Waals surface area contributed by atoms with E-state index in [9.17, 15) is 4.79 Å². The molecule has 1 saturated heterocycles. The van der Waals surface area contributed by atoms with Crippen molar-refractivity contribution in [1.29, 1.82) is 0 Å². The summed E-state index contributed by atoms with van der Waals surface area (Å²) in [4.78, 5) is 14.4. The number of carbonyl (C=O) groups is 1. The quantitative estimate of drug-likeness (QED) is 0.908. The lowest BCUT2D eigenvalue weighted by Gasteiger charge is -2.16. The molecule has 23 heavy (non-hydrogen) atoms. The number of nitrogens with two attached hydrogens (primary N) is 1. The van der Waals surface area contributed by atoms with Crippen LogP contribution in [-0.2, 0) is 0 Å². The van der Waals surface area contributed by atoms with Crippen LogP contribution >= 0.6 is 23.2 Å². The largest absolute Gasteiger partial charge is 0.338 e. The molecule has 1 amide bonds. The molecule has 0 saturated carbocycles. The Balaban J connectivity index is 1.80. The summed E-state index contributed by atoms with van der Waals surface area (Å²) in [5, 5.41) is 1.05. The summed E-state index contributed by atoms with van der Waals surface area (Å²) in [7, 11) is 0.